The number of hydrogen-bond acceptors (Lipinski definition) is 1. The molecule has 0 heterocycles. The second-order valence-electron chi connectivity index (χ2n) is 6.03. The molecule has 0 bridgehead atoms. The summed E-state index contributed by atoms with van der Waals surface area (Å²) in [6.07, 6.45) is 4.22. The Bertz CT molecular complexity index is 193. The maximum Gasteiger partial charge on any atom is 0.0625 e. The van der Waals surface area contributed by atoms with Crippen LogP contribution in [0.1, 0.15) is 53.9 Å². The Balaban J connectivity index is 2.92. The maximum absolute atomic E-state index is 5.63. The summed E-state index contributed by atoms with van der Waals surface area (Å²) in [6, 6.07) is 0. The van der Waals surface area contributed by atoms with Gasteiger partial charge >= 0.3 is 0 Å². The Labute approximate surface area is 89.2 Å². The molecule has 1 fully saturated rings. The van der Waals surface area contributed by atoms with E-state index in [-0.39, 0.29) is 0 Å². The zero-order valence-corrected chi connectivity index (χ0v) is 10.7. The lowest BCUT2D eigenvalue weighted by atomic mass is 9.55. The molecule has 1 aliphatic rings. The van der Waals surface area contributed by atoms with Crippen molar-refractivity contribution in [3.63, 3.8) is 0 Å². The van der Waals surface area contributed by atoms with Crippen molar-refractivity contribution in [2.75, 3.05) is 7.11 Å². The van der Waals surface area contributed by atoms with Crippen molar-refractivity contribution >= 4 is 0 Å². The summed E-state index contributed by atoms with van der Waals surface area (Å²) in [4.78, 5) is 0. The molecule has 2 atom stereocenters. The smallest absolute Gasteiger partial charge is 0.0625 e. The molecule has 0 saturated heterocycles. The van der Waals surface area contributed by atoms with Crippen LogP contribution in [-0.2, 0) is 4.74 Å². The summed E-state index contributed by atoms with van der Waals surface area (Å²) in [5, 5.41) is 0. The Morgan fingerprint density at radius 1 is 1.21 bits per heavy atom. The third kappa shape index (κ3) is 1.84. The van der Waals surface area contributed by atoms with Gasteiger partial charge in [0.05, 0.1) is 6.10 Å². The van der Waals surface area contributed by atoms with Crippen molar-refractivity contribution in [3.8, 4) is 0 Å². The Hall–Kier alpha value is -0.0400. The van der Waals surface area contributed by atoms with Crippen molar-refractivity contribution in [3.05, 3.63) is 0 Å². The van der Waals surface area contributed by atoms with E-state index in [1.54, 1.807) is 0 Å². The first-order valence-electron chi connectivity index (χ1n) is 5.89. The van der Waals surface area contributed by atoms with Gasteiger partial charge in [0.15, 0.2) is 0 Å². The summed E-state index contributed by atoms with van der Waals surface area (Å²) < 4.78 is 5.63. The summed E-state index contributed by atoms with van der Waals surface area (Å²) in [5.41, 5.74) is 0.804. The van der Waals surface area contributed by atoms with E-state index >= 15 is 0 Å². The number of ether oxygens (including phenoxy) is 1. The minimum absolute atomic E-state index is 0.325. The molecule has 0 spiro atoms. The van der Waals surface area contributed by atoms with Crippen LogP contribution in [0.5, 0.6) is 0 Å². The molecular formula is C13H26O. The summed E-state index contributed by atoms with van der Waals surface area (Å²) in [7, 11) is 1.86. The van der Waals surface area contributed by atoms with E-state index in [9.17, 15) is 0 Å². The lowest BCUT2D eigenvalue weighted by Crippen LogP contribution is -2.49. The van der Waals surface area contributed by atoms with Crippen LogP contribution in [-0.4, -0.2) is 13.2 Å². The Morgan fingerprint density at radius 3 is 2.21 bits per heavy atom. The van der Waals surface area contributed by atoms with Gasteiger partial charge in [0.2, 0.25) is 0 Å². The molecule has 0 amide bonds. The van der Waals surface area contributed by atoms with Gasteiger partial charge in [-0.05, 0) is 29.6 Å². The molecule has 2 unspecified atom stereocenters. The number of methoxy groups -OCH3 is 1. The van der Waals surface area contributed by atoms with E-state index in [1.807, 2.05) is 7.11 Å². The Kier molecular flexibility index (Phi) is 3.30. The van der Waals surface area contributed by atoms with Gasteiger partial charge in [-0.2, -0.15) is 0 Å². The fraction of sp³-hybridized carbons (Fsp3) is 1.00. The van der Waals surface area contributed by atoms with Crippen molar-refractivity contribution in [1.82, 2.24) is 0 Å². The highest BCUT2D eigenvalue weighted by Gasteiger charge is 2.48. The van der Waals surface area contributed by atoms with Gasteiger partial charge in [-0.1, -0.05) is 41.0 Å². The van der Waals surface area contributed by atoms with Crippen molar-refractivity contribution in [2.45, 2.75) is 60.0 Å². The van der Waals surface area contributed by atoms with Gasteiger partial charge in [0, 0.05) is 7.11 Å². The molecule has 1 nitrogen and oxygen atoms in total. The largest absolute Gasteiger partial charge is 0.381 e. The number of rotatable bonds is 2. The van der Waals surface area contributed by atoms with Gasteiger partial charge in [-0.25, -0.2) is 0 Å². The van der Waals surface area contributed by atoms with Gasteiger partial charge in [0.1, 0.15) is 0 Å². The molecule has 1 heteroatoms. The quantitative estimate of drug-likeness (QED) is 0.654. The van der Waals surface area contributed by atoms with Crippen molar-refractivity contribution in [2.24, 2.45) is 16.7 Å². The molecule has 0 aliphatic heterocycles. The highest BCUT2D eigenvalue weighted by Crippen LogP contribution is 2.52. The van der Waals surface area contributed by atoms with Gasteiger partial charge in [0.25, 0.3) is 0 Å². The van der Waals surface area contributed by atoms with E-state index in [0.717, 1.165) is 5.92 Å². The molecule has 1 saturated carbocycles. The fourth-order valence-electron chi connectivity index (χ4n) is 3.78. The van der Waals surface area contributed by atoms with E-state index < -0.39 is 0 Å². The molecule has 84 valence electrons. The van der Waals surface area contributed by atoms with Crippen molar-refractivity contribution in [1.29, 1.82) is 0 Å². The second-order valence-corrected chi connectivity index (χ2v) is 6.03. The van der Waals surface area contributed by atoms with E-state index in [0.29, 0.717) is 16.9 Å². The van der Waals surface area contributed by atoms with Crippen LogP contribution in [0.4, 0.5) is 0 Å². The first-order chi connectivity index (χ1) is 6.36. The monoisotopic (exact) mass is 198 g/mol. The van der Waals surface area contributed by atoms with Gasteiger partial charge < -0.3 is 4.74 Å². The molecule has 0 aromatic heterocycles. The highest BCUT2D eigenvalue weighted by atomic mass is 16.5. The van der Waals surface area contributed by atoms with Crippen LogP contribution in [0.25, 0.3) is 0 Å². The topological polar surface area (TPSA) is 9.23 Å². The molecule has 1 aliphatic carbocycles. The molecule has 0 radical (unpaired) electrons. The predicted octanol–water partition coefficient (Wildman–Crippen LogP) is 3.87. The standard InChI is InChI=1S/C13H26O/c1-7-10-12(2,3)9-8-11(14-6)13(10,4)5/h10-11H,7-9H2,1-6H3. The van der Waals surface area contributed by atoms with Crippen LogP contribution >= 0.6 is 0 Å². The van der Waals surface area contributed by atoms with E-state index in [2.05, 4.69) is 34.6 Å². The zero-order chi connectivity index (χ0) is 11.0. The predicted molar refractivity (Wildman–Crippen MR) is 61.4 cm³/mol. The lowest BCUT2D eigenvalue weighted by molar-refractivity contribution is -0.107. The third-order valence-electron chi connectivity index (χ3n) is 4.41. The van der Waals surface area contributed by atoms with E-state index in [4.69, 9.17) is 4.74 Å². The molecule has 0 N–H and O–H groups in total. The summed E-state index contributed by atoms with van der Waals surface area (Å²) in [6.45, 7) is 11.9. The molecule has 0 aromatic carbocycles. The van der Waals surface area contributed by atoms with Gasteiger partial charge in [-0.15, -0.1) is 0 Å². The average molecular weight is 198 g/mol. The summed E-state index contributed by atoms with van der Waals surface area (Å²) >= 11 is 0. The molecule has 1 rings (SSSR count). The fourth-order valence-corrected chi connectivity index (χ4v) is 3.78. The zero-order valence-electron chi connectivity index (χ0n) is 10.7. The third-order valence-corrected chi connectivity index (χ3v) is 4.41. The van der Waals surface area contributed by atoms with Crippen molar-refractivity contribution < 1.29 is 4.74 Å². The second kappa shape index (κ2) is 3.84. The SMILES string of the molecule is CCC1C(C)(C)CCC(OC)C1(C)C. The lowest BCUT2D eigenvalue weighted by Gasteiger charge is -2.52. The van der Waals surface area contributed by atoms with Crippen LogP contribution in [0.3, 0.4) is 0 Å². The molecule has 0 aromatic rings. The summed E-state index contributed by atoms with van der Waals surface area (Å²) in [5.74, 6) is 0.772. The minimum atomic E-state index is 0.325. The van der Waals surface area contributed by atoms with Gasteiger partial charge in [-0.3, -0.25) is 0 Å². The van der Waals surface area contributed by atoms with Crippen LogP contribution in [0.2, 0.25) is 0 Å². The normalized spacial score (nSPS) is 35.6. The van der Waals surface area contributed by atoms with E-state index in [1.165, 1.54) is 19.3 Å². The molecular weight excluding hydrogens is 172 g/mol. The highest BCUT2D eigenvalue weighted by molar-refractivity contribution is 4.97. The number of hydrogen-bond donors (Lipinski definition) is 0. The average Bonchev–Trinajstić information content (AvgIpc) is 2.02. The first kappa shape index (κ1) is 12.0. The van der Waals surface area contributed by atoms with Crippen LogP contribution < -0.4 is 0 Å². The van der Waals surface area contributed by atoms with Crippen LogP contribution in [0.15, 0.2) is 0 Å². The Morgan fingerprint density at radius 2 is 1.79 bits per heavy atom. The maximum atomic E-state index is 5.63. The van der Waals surface area contributed by atoms with Crippen LogP contribution in [0, 0.1) is 16.7 Å². The minimum Gasteiger partial charge on any atom is -0.381 e. The molecule has 14 heavy (non-hydrogen) atoms. The first-order valence-corrected chi connectivity index (χ1v) is 5.89.